The van der Waals surface area contributed by atoms with Crippen LogP contribution in [0.2, 0.25) is 0 Å². The zero-order valence-corrected chi connectivity index (χ0v) is 8.70. The second-order valence-corrected chi connectivity index (χ2v) is 3.35. The Hall–Kier alpha value is -2.34. The molecule has 1 aromatic carbocycles. The summed E-state index contributed by atoms with van der Waals surface area (Å²) in [7, 11) is 1.47. The fraction of sp³-hybridized carbons (Fsp3) is 0.0769. The van der Waals surface area contributed by atoms with E-state index >= 15 is 0 Å². The molecular formula is C13H9NO2. The molecule has 3 nitrogen and oxygen atoms in total. The van der Waals surface area contributed by atoms with Crippen molar-refractivity contribution in [1.82, 2.24) is 5.32 Å². The number of amides is 1. The van der Waals surface area contributed by atoms with E-state index in [4.69, 9.17) is 6.42 Å². The summed E-state index contributed by atoms with van der Waals surface area (Å²) in [5.41, 5.74) is 1.59. The van der Waals surface area contributed by atoms with Crippen molar-refractivity contribution in [2.24, 2.45) is 0 Å². The Morgan fingerprint density at radius 1 is 1.31 bits per heavy atom. The second-order valence-electron chi connectivity index (χ2n) is 3.35. The zero-order valence-electron chi connectivity index (χ0n) is 8.70. The van der Waals surface area contributed by atoms with Gasteiger partial charge in [-0.15, -0.1) is 6.42 Å². The molecule has 0 atom stereocenters. The number of Topliss-reactive ketones (excluding diaryl/α,β-unsaturated/α-hetero) is 1. The third kappa shape index (κ3) is 1.24. The lowest BCUT2D eigenvalue weighted by molar-refractivity contribution is -0.116. The van der Waals surface area contributed by atoms with Gasteiger partial charge in [0.05, 0.1) is 0 Å². The van der Waals surface area contributed by atoms with Crippen molar-refractivity contribution in [1.29, 1.82) is 0 Å². The van der Waals surface area contributed by atoms with Crippen LogP contribution in [0.15, 0.2) is 29.8 Å². The number of allylic oxidation sites excluding steroid dienone is 1. The monoisotopic (exact) mass is 211 g/mol. The van der Waals surface area contributed by atoms with Crippen molar-refractivity contribution >= 4 is 17.3 Å². The zero-order chi connectivity index (χ0) is 11.7. The van der Waals surface area contributed by atoms with Gasteiger partial charge in [0.1, 0.15) is 5.57 Å². The lowest BCUT2D eigenvalue weighted by atomic mass is 10.1. The molecule has 0 saturated heterocycles. The highest BCUT2D eigenvalue weighted by Gasteiger charge is 2.32. The Balaban J connectivity index is 2.69. The maximum atomic E-state index is 12.0. The summed E-state index contributed by atoms with van der Waals surface area (Å²) in [5, 5.41) is 2.42. The molecule has 1 N–H and O–H groups in total. The van der Waals surface area contributed by atoms with Gasteiger partial charge in [-0.05, 0) is 0 Å². The van der Waals surface area contributed by atoms with Crippen molar-refractivity contribution in [3.8, 4) is 12.3 Å². The summed E-state index contributed by atoms with van der Waals surface area (Å²) < 4.78 is 0. The standard InChI is InChI=1S/C13H9NO2/c1-3-8-9-6-4-5-7-10(9)12(15)11(8)13(16)14-2/h1,4-7H,2H3,(H,14,16). The van der Waals surface area contributed by atoms with E-state index in [9.17, 15) is 9.59 Å². The number of hydrogen-bond acceptors (Lipinski definition) is 2. The van der Waals surface area contributed by atoms with Crippen LogP contribution in [0.1, 0.15) is 15.9 Å². The number of carbonyl (C=O) groups excluding carboxylic acids is 2. The molecule has 1 aromatic rings. The van der Waals surface area contributed by atoms with Crippen molar-refractivity contribution in [3.05, 3.63) is 41.0 Å². The minimum absolute atomic E-state index is 0.0613. The van der Waals surface area contributed by atoms with Crippen LogP contribution in [0.3, 0.4) is 0 Å². The van der Waals surface area contributed by atoms with Gasteiger partial charge in [-0.25, -0.2) is 0 Å². The summed E-state index contributed by atoms with van der Waals surface area (Å²) in [6, 6.07) is 6.96. The number of ketones is 1. The van der Waals surface area contributed by atoms with Crippen LogP contribution in [0, 0.1) is 12.3 Å². The predicted molar refractivity (Wildman–Crippen MR) is 60.6 cm³/mol. The molecule has 0 heterocycles. The molecule has 3 heteroatoms. The fourth-order valence-corrected chi connectivity index (χ4v) is 1.77. The normalized spacial score (nSPS) is 13.4. The summed E-state index contributed by atoms with van der Waals surface area (Å²) in [4.78, 5) is 23.5. The van der Waals surface area contributed by atoms with E-state index in [0.717, 1.165) is 0 Å². The summed E-state index contributed by atoms with van der Waals surface area (Å²) in [6.07, 6.45) is 5.35. The van der Waals surface area contributed by atoms with Crippen LogP contribution in [-0.4, -0.2) is 18.7 Å². The molecule has 0 aromatic heterocycles. The number of hydrogen-bond donors (Lipinski definition) is 1. The van der Waals surface area contributed by atoms with Crippen LogP contribution in [0.5, 0.6) is 0 Å². The number of benzene rings is 1. The SMILES string of the molecule is C#CC1=C(C(=O)NC)C(=O)c2ccccc21. The Morgan fingerprint density at radius 2 is 1.94 bits per heavy atom. The molecule has 78 valence electrons. The minimum atomic E-state index is -0.436. The van der Waals surface area contributed by atoms with Crippen LogP contribution in [0.4, 0.5) is 0 Å². The number of carbonyl (C=O) groups is 2. The van der Waals surface area contributed by atoms with Crippen molar-refractivity contribution in [3.63, 3.8) is 0 Å². The Bertz CT molecular complexity index is 562. The number of likely N-dealkylation sites (N-methyl/N-ethyl adjacent to an activating group) is 1. The van der Waals surface area contributed by atoms with Gasteiger partial charge in [-0.2, -0.15) is 0 Å². The lowest BCUT2D eigenvalue weighted by Crippen LogP contribution is -2.23. The molecule has 0 unspecified atom stereocenters. The van der Waals surface area contributed by atoms with E-state index in [1.807, 2.05) is 0 Å². The van der Waals surface area contributed by atoms with E-state index in [0.29, 0.717) is 16.7 Å². The highest BCUT2D eigenvalue weighted by Crippen LogP contribution is 2.32. The Morgan fingerprint density at radius 3 is 2.50 bits per heavy atom. The molecule has 0 fully saturated rings. The molecule has 1 aliphatic rings. The predicted octanol–water partition coefficient (Wildman–Crippen LogP) is 1.02. The molecule has 1 aliphatic carbocycles. The second kappa shape index (κ2) is 3.67. The smallest absolute Gasteiger partial charge is 0.256 e. The molecule has 0 aliphatic heterocycles. The topological polar surface area (TPSA) is 46.2 Å². The third-order valence-corrected chi connectivity index (χ3v) is 2.52. The van der Waals surface area contributed by atoms with Crippen LogP contribution in [0.25, 0.3) is 5.57 Å². The number of fused-ring (bicyclic) bond motifs is 1. The number of rotatable bonds is 1. The average Bonchev–Trinajstić information content (AvgIpc) is 2.62. The van der Waals surface area contributed by atoms with E-state index in [-0.39, 0.29) is 11.4 Å². The first kappa shape index (κ1) is 10.2. The van der Waals surface area contributed by atoms with E-state index in [2.05, 4.69) is 11.2 Å². The fourth-order valence-electron chi connectivity index (χ4n) is 1.77. The third-order valence-electron chi connectivity index (χ3n) is 2.52. The minimum Gasteiger partial charge on any atom is -0.355 e. The van der Waals surface area contributed by atoms with Gasteiger partial charge in [0.25, 0.3) is 5.91 Å². The number of nitrogens with one attached hydrogen (secondary N) is 1. The molecule has 0 bridgehead atoms. The van der Waals surface area contributed by atoms with Crippen molar-refractivity contribution in [2.45, 2.75) is 0 Å². The van der Waals surface area contributed by atoms with Gasteiger partial charge >= 0.3 is 0 Å². The largest absolute Gasteiger partial charge is 0.355 e. The van der Waals surface area contributed by atoms with E-state index in [1.165, 1.54) is 7.05 Å². The van der Waals surface area contributed by atoms with Gasteiger partial charge in [-0.3, -0.25) is 9.59 Å². The van der Waals surface area contributed by atoms with Gasteiger partial charge < -0.3 is 5.32 Å². The molecule has 2 rings (SSSR count). The van der Waals surface area contributed by atoms with Gasteiger partial charge in [0, 0.05) is 23.7 Å². The molecule has 16 heavy (non-hydrogen) atoms. The van der Waals surface area contributed by atoms with Gasteiger partial charge in [0.15, 0.2) is 0 Å². The first-order chi connectivity index (χ1) is 7.70. The highest BCUT2D eigenvalue weighted by atomic mass is 16.2. The number of terminal acetylenes is 1. The molecule has 0 saturated carbocycles. The van der Waals surface area contributed by atoms with Crippen LogP contribution in [-0.2, 0) is 4.79 Å². The summed E-state index contributed by atoms with van der Waals surface area (Å²) in [6.45, 7) is 0. The maximum absolute atomic E-state index is 12.0. The van der Waals surface area contributed by atoms with Gasteiger partial charge in [-0.1, -0.05) is 30.2 Å². The average molecular weight is 211 g/mol. The Kier molecular flexibility index (Phi) is 2.34. The van der Waals surface area contributed by atoms with Gasteiger partial charge in [0.2, 0.25) is 5.78 Å². The maximum Gasteiger partial charge on any atom is 0.256 e. The lowest BCUT2D eigenvalue weighted by Gasteiger charge is -1.99. The van der Waals surface area contributed by atoms with E-state index in [1.54, 1.807) is 24.3 Å². The van der Waals surface area contributed by atoms with Crippen molar-refractivity contribution in [2.75, 3.05) is 7.05 Å². The molecular weight excluding hydrogens is 202 g/mol. The Labute approximate surface area is 93.2 Å². The quantitative estimate of drug-likeness (QED) is 0.556. The summed E-state index contributed by atoms with van der Waals surface area (Å²) in [5.74, 6) is 1.67. The first-order valence-electron chi connectivity index (χ1n) is 4.77. The highest BCUT2D eigenvalue weighted by molar-refractivity contribution is 6.36. The molecule has 0 radical (unpaired) electrons. The van der Waals surface area contributed by atoms with Crippen LogP contribution >= 0.6 is 0 Å². The van der Waals surface area contributed by atoms with Crippen molar-refractivity contribution < 1.29 is 9.59 Å². The molecule has 1 amide bonds. The first-order valence-corrected chi connectivity index (χ1v) is 4.77. The van der Waals surface area contributed by atoms with Crippen LogP contribution < -0.4 is 5.32 Å². The molecule has 0 spiro atoms. The summed E-state index contributed by atoms with van der Waals surface area (Å²) >= 11 is 0. The van der Waals surface area contributed by atoms with E-state index < -0.39 is 5.91 Å².